The zero-order valence-corrected chi connectivity index (χ0v) is 12.9. The Morgan fingerprint density at radius 3 is 2.65 bits per heavy atom. The summed E-state index contributed by atoms with van der Waals surface area (Å²) in [5, 5.41) is 4.39. The van der Waals surface area contributed by atoms with Gasteiger partial charge in [0.1, 0.15) is 0 Å². The van der Waals surface area contributed by atoms with Crippen molar-refractivity contribution < 1.29 is 0 Å². The summed E-state index contributed by atoms with van der Waals surface area (Å²) in [5.74, 6) is 0.999. The highest BCUT2D eigenvalue weighted by atomic mass is 35.5. The highest BCUT2D eigenvalue weighted by Gasteiger charge is 2.20. The molecule has 1 nitrogen and oxygen atoms in total. The summed E-state index contributed by atoms with van der Waals surface area (Å²) in [6, 6.07) is 17.5. The van der Waals surface area contributed by atoms with E-state index in [1.807, 2.05) is 17.8 Å². The molecule has 1 N–H and O–H groups in total. The van der Waals surface area contributed by atoms with Crippen LogP contribution in [0, 0.1) is 0 Å². The van der Waals surface area contributed by atoms with E-state index in [0.717, 1.165) is 23.4 Å². The van der Waals surface area contributed by atoms with E-state index in [4.69, 9.17) is 11.6 Å². The summed E-state index contributed by atoms with van der Waals surface area (Å²) >= 11 is 8.01. The van der Waals surface area contributed by atoms with Crippen LogP contribution in [0.25, 0.3) is 0 Å². The summed E-state index contributed by atoms with van der Waals surface area (Å²) in [5.41, 5.74) is 2.67. The van der Waals surface area contributed by atoms with Gasteiger partial charge in [-0.25, -0.2) is 0 Å². The average molecular weight is 304 g/mol. The number of rotatable bonds is 6. The third-order valence-corrected chi connectivity index (χ3v) is 4.84. The minimum Gasteiger partial charge on any atom is -0.310 e. The first kappa shape index (κ1) is 14.0. The maximum Gasteiger partial charge on any atom is 0.0410 e. The third kappa shape index (κ3) is 4.02. The van der Waals surface area contributed by atoms with Gasteiger partial charge in [-0.2, -0.15) is 0 Å². The number of benzene rings is 2. The lowest BCUT2D eigenvalue weighted by Crippen LogP contribution is -2.15. The van der Waals surface area contributed by atoms with E-state index < -0.39 is 0 Å². The normalized spacial score (nSPS) is 14.4. The van der Waals surface area contributed by atoms with Crippen LogP contribution in [0.5, 0.6) is 0 Å². The third-order valence-electron chi connectivity index (χ3n) is 3.42. The zero-order chi connectivity index (χ0) is 13.8. The molecule has 0 aromatic heterocycles. The van der Waals surface area contributed by atoms with Crippen molar-refractivity contribution in [2.45, 2.75) is 36.1 Å². The second-order valence-corrected chi connectivity index (χ2v) is 6.64. The van der Waals surface area contributed by atoms with Crippen LogP contribution in [0.15, 0.2) is 53.4 Å². The molecule has 2 aromatic carbocycles. The van der Waals surface area contributed by atoms with Crippen LogP contribution in [-0.4, -0.2) is 6.04 Å². The van der Waals surface area contributed by atoms with Crippen LogP contribution < -0.4 is 5.32 Å². The van der Waals surface area contributed by atoms with Crippen molar-refractivity contribution in [2.24, 2.45) is 0 Å². The molecular formula is C17H18ClNS. The topological polar surface area (TPSA) is 12.0 Å². The molecule has 1 saturated carbocycles. The van der Waals surface area contributed by atoms with Crippen molar-refractivity contribution in [3.05, 3.63) is 64.7 Å². The molecule has 3 rings (SSSR count). The Bertz CT molecular complexity index is 566. The van der Waals surface area contributed by atoms with Crippen LogP contribution >= 0.6 is 23.4 Å². The fourth-order valence-electron chi connectivity index (χ4n) is 2.10. The SMILES string of the molecule is Clc1ccc(SCc2ccccc2)c(CNC2CC2)c1. The molecular weight excluding hydrogens is 286 g/mol. The second-order valence-electron chi connectivity index (χ2n) is 5.18. The molecule has 104 valence electrons. The van der Waals surface area contributed by atoms with Crippen molar-refractivity contribution in [2.75, 3.05) is 0 Å². The minimum absolute atomic E-state index is 0.723. The van der Waals surface area contributed by atoms with Crippen LogP contribution in [0.2, 0.25) is 5.02 Å². The summed E-state index contributed by atoms with van der Waals surface area (Å²) in [6.45, 7) is 0.919. The molecule has 1 aliphatic carbocycles. The highest BCUT2D eigenvalue weighted by molar-refractivity contribution is 7.98. The Morgan fingerprint density at radius 2 is 1.90 bits per heavy atom. The van der Waals surface area contributed by atoms with Gasteiger partial charge >= 0.3 is 0 Å². The molecule has 3 heteroatoms. The zero-order valence-electron chi connectivity index (χ0n) is 11.3. The van der Waals surface area contributed by atoms with E-state index in [9.17, 15) is 0 Å². The highest BCUT2D eigenvalue weighted by Crippen LogP contribution is 2.29. The monoisotopic (exact) mass is 303 g/mol. The lowest BCUT2D eigenvalue weighted by atomic mass is 10.2. The Labute approximate surface area is 129 Å². The van der Waals surface area contributed by atoms with Gasteiger partial charge in [0.15, 0.2) is 0 Å². The molecule has 0 spiro atoms. The Morgan fingerprint density at radius 1 is 1.10 bits per heavy atom. The fourth-order valence-corrected chi connectivity index (χ4v) is 3.29. The van der Waals surface area contributed by atoms with Gasteiger partial charge in [0, 0.05) is 28.3 Å². The molecule has 0 radical (unpaired) electrons. The molecule has 0 unspecified atom stereocenters. The average Bonchev–Trinajstić information content (AvgIpc) is 3.29. The molecule has 0 amide bonds. The number of nitrogens with one attached hydrogen (secondary N) is 1. The summed E-state index contributed by atoms with van der Waals surface area (Å²) in [7, 11) is 0. The number of thioether (sulfide) groups is 1. The maximum atomic E-state index is 6.13. The summed E-state index contributed by atoms with van der Waals surface area (Å²) in [6.07, 6.45) is 2.63. The van der Waals surface area contributed by atoms with Crippen molar-refractivity contribution in [1.82, 2.24) is 5.32 Å². The van der Waals surface area contributed by atoms with E-state index in [1.54, 1.807) is 0 Å². The van der Waals surface area contributed by atoms with Gasteiger partial charge in [0.2, 0.25) is 0 Å². The maximum absolute atomic E-state index is 6.13. The number of halogens is 1. The number of hydrogen-bond acceptors (Lipinski definition) is 2. The molecule has 0 saturated heterocycles. The van der Waals surface area contributed by atoms with Gasteiger partial charge in [-0.3, -0.25) is 0 Å². The molecule has 0 atom stereocenters. The second kappa shape index (κ2) is 6.66. The quantitative estimate of drug-likeness (QED) is 0.763. The van der Waals surface area contributed by atoms with Crippen LogP contribution in [0.3, 0.4) is 0 Å². The van der Waals surface area contributed by atoms with Gasteiger partial charge in [-0.1, -0.05) is 41.9 Å². The van der Waals surface area contributed by atoms with Gasteiger partial charge in [0.25, 0.3) is 0 Å². The van der Waals surface area contributed by atoms with Gasteiger partial charge in [0.05, 0.1) is 0 Å². The first-order chi connectivity index (χ1) is 9.81. The molecule has 0 heterocycles. The summed E-state index contributed by atoms with van der Waals surface area (Å²) in [4.78, 5) is 1.33. The molecule has 1 fully saturated rings. The van der Waals surface area contributed by atoms with E-state index in [1.165, 1.54) is 28.9 Å². The van der Waals surface area contributed by atoms with E-state index in [2.05, 4.69) is 47.8 Å². The van der Waals surface area contributed by atoms with Crippen molar-refractivity contribution in [1.29, 1.82) is 0 Å². The van der Waals surface area contributed by atoms with Crippen LogP contribution in [0.1, 0.15) is 24.0 Å². The largest absolute Gasteiger partial charge is 0.310 e. The Balaban J connectivity index is 1.67. The smallest absolute Gasteiger partial charge is 0.0410 e. The molecule has 20 heavy (non-hydrogen) atoms. The van der Waals surface area contributed by atoms with Crippen LogP contribution in [0.4, 0.5) is 0 Å². The molecule has 1 aliphatic rings. The first-order valence-electron chi connectivity index (χ1n) is 7.00. The van der Waals surface area contributed by atoms with E-state index >= 15 is 0 Å². The fraction of sp³-hybridized carbons (Fsp3) is 0.294. The van der Waals surface area contributed by atoms with Gasteiger partial charge in [-0.05, 0) is 42.2 Å². The summed E-state index contributed by atoms with van der Waals surface area (Å²) < 4.78 is 0. The predicted octanol–water partition coefficient (Wildman–Crippen LogP) is 4.88. The van der Waals surface area contributed by atoms with E-state index in [-0.39, 0.29) is 0 Å². The lowest BCUT2D eigenvalue weighted by molar-refractivity contribution is 0.680. The van der Waals surface area contributed by atoms with Crippen molar-refractivity contribution >= 4 is 23.4 Å². The molecule has 2 aromatic rings. The van der Waals surface area contributed by atoms with Gasteiger partial charge in [-0.15, -0.1) is 11.8 Å². The standard InChI is InChI=1S/C17H18ClNS/c18-15-6-9-17(14(10-15)11-19-16-7-8-16)20-12-13-4-2-1-3-5-13/h1-6,9-10,16,19H,7-8,11-12H2. The Kier molecular flexibility index (Phi) is 4.66. The van der Waals surface area contributed by atoms with Gasteiger partial charge < -0.3 is 5.32 Å². The predicted molar refractivity (Wildman–Crippen MR) is 87.3 cm³/mol. The number of hydrogen-bond donors (Lipinski definition) is 1. The Hall–Kier alpha value is -0.960. The molecule has 0 aliphatic heterocycles. The first-order valence-corrected chi connectivity index (χ1v) is 8.36. The minimum atomic E-state index is 0.723. The molecule has 0 bridgehead atoms. The lowest BCUT2D eigenvalue weighted by Gasteiger charge is -2.11. The van der Waals surface area contributed by atoms with Crippen molar-refractivity contribution in [3.63, 3.8) is 0 Å². The van der Waals surface area contributed by atoms with E-state index in [0.29, 0.717) is 0 Å². The van der Waals surface area contributed by atoms with Crippen LogP contribution in [-0.2, 0) is 12.3 Å². The van der Waals surface area contributed by atoms with Crippen molar-refractivity contribution in [3.8, 4) is 0 Å².